The van der Waals surface area contributed by atoms with E-state index < -0.39 is 17.7 Å². The van der Waals surface area contributed by atoms with Crippen molar-refractivity contribution in [1.29, 1.82) is 0 Å². The summed E-state index contributed by atoms with van der Waals surface area (Å²) in [5, 5.41) is 0. The summed E-state index contributed by atoms with van der Waals surface area (Å²) in [6.45, 7) is 1.39. The van der Waals surface area contributed by atoms with Crippen LogP contribution in [0.1, 0.15) is 12.8 Å². The van der Waals surface area contributed by atoms with Crippen molar-refractivity contribution >= 4 is 23.5 Å². The minimum absolute atomic E-state index is 0.0831. The molecule has 7 nitrogen and oxygen atoms in total. The molecule has 0 unspecified atom stereocenters. The van der Waals surface area contributed by atoms with Gasteiger partial charge < -0.3 is 15.5 Å². The highest BCUT2D eigenvalue weighted by atomic mass is 19.2. The Bertz CT molecular complexity index is 735. The zero-order valence-electron chi connectivity index (χ0n) is 14.2. The second-order valence-corrected chi connectivity index (χ2v) is 6.51. The Morgan fingerprint density at radius 2 is 1.77 bits per heavy atom. The van der Waals surface area contributed by atoms with Crippen LogP contribution in [0.2, 0.25) is 0 Å². The minimum Gasteiger partial charge on any atom is -0.369 e. The van der Waals surface area contributed by atoms with Crippen LogP contribution in [0.5, 0.6) is 0 Å². The highest BCUT2D eigenvalue weighted by Crippen LogP contribution is 2.23. The molecule has 0 saturated carbocycles. The summed E-state index contributed by atoms with van der Waals surface area (Å²) in [6, 6.07) is 2.84. The molecule has 1 aromatic carbocycles. The van der Waals surface area contributed by atoms with E-state index in [0.29, 0.717) is 39.0 Å². The summed E-state index contributed by atoms with van der Waals surface area (Å²) in [4.78, 5) is 40.4. The van der Waals surface area contributed by atoms with E-state index in [-0.39, 0.29) is 30.0 Å². The predicted molar refractivity (Wildman–Crippen MR) is 89.2 cm³/mol. The fourth-order valence-corrected chi connectivity index (χ4v) is 3.30. The molecule has 0 aromatic heterocycles. The summed E-state index contributed by atoms with van der Waals surface area (Å²) in [5.74, 6) is -2.77. The third-order valence-electron chi connectivity index (χ3n) is 4.89. The van der Waals surface area contributed by atoms with Crippen LogP contribution in [-0.4, -0.2) is 60.4 Å². The van der Waals surface area contributed by atoms with Gasteiger partial charge in [-0.25, -0.2) is 13.6 Å². The molecule has 2 N–H and O–H groups in total. The van der Waals surface area contributed by atoms with E-state index in [1.54, 1.807) is 4.90 Å². The minimum atomic E-state index is -1.03. The largest absolute Gasteiger partial charge is 0.369 e. The van der Waals surface area contributed by atoms with Crippen molar-refractivity contribution in [3.63, 3.8) is 0 Å². The lowest BCUT2D eigenvalue weighted by Crippen LogP contribution is -2.46. The average Bonchev–Trinajstić information content (AvgIpc) is 2.98. The van der Waals surface area contributed by atoms with Gasteiger partial charge >= 0.3 is 6.03 Å². The number of hydrogen-bond acceptors (Lipinski definition) is 3. The lowest BCUT2D eigenvalue weighted by Gasteiger charge is -2.31. The number of amides is 4. The molecular formula is C17H20F2N4O3. The fraction of sp³-hybridized carbons (Fsp3) is 0.471. The van der Waals surface area contributed by atoms with Crippen LogP contribution in [0.25, 0.3) is 0 Å². The van der Waals surface area contributed by atoms with Gasteiger partial charge in [0.25, 0.3) is 0 Å². The molecule has 0 radical (unpaired) electrons. The molecule has 26 heavy (non-hydrogen) atoms. The van der Waals surface area contributed by atoms with Crippen LogP contribution in [-0.2, 0) is 9.59 Å². The number of rotatable bonds is 4. The summed E-state index contributed by atoms with van der Waals surface area (Å²) >= 11 is 0. The third kappa shape index (κ3) is 3.61. The van der Waals surface area contributed by atoms with Crippen LogP contribution >= 0.6 is 0 Å². The van der Waals surface area contributed by atoms with Gasteiger partial charge in [0.05, 0.1) is 0 Å². The number of hydrogen-bond donors (Lipinski definition) is 1. The van der Waals surface area contributed by atoms with Gasteiger partial charge in [-0.1, -0.05) is 0 Å². The summed E-state index contributed by atoms with van der Waals surface area (Å²) in [6.07, 6.45) is 1.05. The number of halogens is 2. The normalized spacial score (nSPS) is 18.5. The first kappa shape index (κ1) is 18.1. The Morgan fingerprint density at radius 3 is 2.38 bits per heavy atom. The van der Waals surface area contributed by atoms with Crippen molar-refractivity contribution in [3.8, 4) is 0 Å². The second kappa shape index (κ2) is 7.27. The van der Waals surface area contributed by atoms with Crippen molar-refractivity contribution in [2.45, 2.75) is 12.8 Å². The van der Waals surface area contributed by atoms with E-state index in [1.807, 2.05) is 0 Å². The molecule has 2 heterocycles. The van der Waals surface area contributed by atoms with Crippen LogP contribution < -0.4 is 10.6 Å². The number of urea groups is 1. The standard InChI is InChI=1S/C17H20F2N4O3/c18-13-2-1-12(9-14(13)19)23-8-7-22(17(23)26)10-15(24)21-5-3-11(4-6-21)16(20)25/h1-2,9,11H,3-8,10H2,(H2,20,25). The molecule has 0 bridgehead atoms. The van der Waals surface area contributed by atoms with Crippen molar-refractivity contribution < 1.29 is 23.2 Å². The van der Waals surface area contributed by atoms with E-state index in [1.165, 1.54) is 15.9 Å². The average molecular weight is 366 g/mol. The van der Waals surface area contributed by atoms with Crippen LogP contribution in [0.15, 0.2) is 18.2 Å². The predicted octanol–water partition coefficient (Wildman–Crippen LogP) is 0.931. The van der Waals surface area contributed by atoms with Crippen molar-refractivity contribution in [1.82, 2.24) is 9.80 Å². The zero-order valence-corrected chi connectivity index (χ0v) is 14.2. The molecule has 0 aliphatic carbocycles. The molecule has 2 aliphatic heterocycles. The number of primary amides is 1. The maximum Gasteiger partial charge on any atom is 0.325 e. The molecule has 4 amide bonds. The van der Waals surface area contributed by atoms with Crippen molar-refractivity contribution in [2.24, 2.45) is 11.7 Å². The molecule has 9 heteroatoms. The molecule has 2 fully saturated rings. The van der Waals surface area contributed by atoms with E-state index in [2.05, 4.69) is 0 Å². The van der Waals surface area contributed by atoms with Crippen molar-refractivity contribution in [3.05, 3.63) is 29.8 Å². The van der Waals surface area contributed by atoms with Crippen LogP contribution in [0, 0.1) is 17.6 Å². The topological polar surface area (TPSA) is 86.9 Å². The summed E-state index contributed by atoms with van der Waals surface area (Å²) < 4.78 is 26.4. The van der Waals surface area contributed by atoms with Crippen LogP contribution in [0.3, 0.4) is 0 Å². The molecule has 2 aliphatic rings. The first-order valence-electron chi connectivity index (χ1n) is 8.45. The number of nitrogens with zero attached hydrogens (tertiary/aromatic N) is 3. The Hall–Kier alpha value is -2.71. The first-order valence-corrected chi connectivity index (χ1v) is 8.45. The summed E-state index contributed by atoms with van der Waals surface area (Å²) in [7, 11) is 0. The Labute approximate surface area is 149 Å². The number of likely N-dealkylation sites (tertiary alicyclic amines) is 1. The van der Waals surface area contributed by atoms with Gasteiger partial charge in [0.15, 0.2) is 11.6 Å². The fourth-order valence-electron chi connectivity index (χ4n) is 3.30. The molecule has 140 valence electrons. The third-order valence-corrected chi connectivity index (χ3v) is 4.89. The monoisotopic (exact) mass is 366 g/mol. The molecular weight excluding hydrogens is 346 g/mol. The lowest BCUT2D eigenvalue weighted by atomic mass is 9.96. The van der Waals surface area contributed by atoms with Gasteiger partial charge in [-0.3, -0.25) is 14.5 Å². The number of carbonyl (C=O) groups is 3. The van der Waals surface area contributed by atoms with E-state index in [0.717, 1.165) is 12.1 Å². The molecule has 1 aromatic rings. The molecule has 0 atom stereocenters. The van der Waals surface area contributed by atoms with E-state index in [9.17, 15) is 23.2 Å². The number of nitrogens with two attached hydrogens (primary N) is 1. The smallest absolute Gasteiger partial charge is 0.325 e. The number of carbonyl (C=O) groups excluding carboxylic acids is 3. The van der Waals surface area contributed by atoms with E-state index in [4.69, 9.17) is 5.73 Å². The molecule has 2 saturated heterocycles. The van der Waals surface area contributed by atoms with Gasteiger partial charge in [-0.05, 0) is 25.0 Å². The highest BCUT2D eigenvalue weighted by Gasteiger charge is 2.33. The van der Waals surface area contributed by atoms with Gasteiger partial charge in [0.1, 0.15) is 6.54 Å². The van der Waals surface area contributed by atoms with Gasteiger partial charge in [-0.15, -0.1) is 0 Å². The van der Waals surface area contributed by atoms with Gasteiger partial charge in [0.2, 0.25) is 11.8 Å². The first-order chi connectivity index (χ1) is 12.4. The summed E-state index contributed by atoms with van der Waals surface area (Å²) in [5.41, 5.74) is 5.53. The Kier molecular flexibility index (Phi) is 5.06. The maximum absolute atomic E-state index is 13.4. The van der Waals surface area contributed by atoms with Gasteiger partial charge in [0, 0.05) is 43.9 Å². The quantitative estimate of drug-likeness (QED) is 0.860. The highest BCUT2D eigenvalue weighted by molar-refractivity contribution is 5.96. The molecule has 3 rings (SSSR count). The lowest BCUT2D eigenvalue weighted by molar-refractivity contribution is -0.135. The number of piperidine rings is 1. The zero-order chi connectivity index (χ0) is 18.8. The molecule has 0 spiro atoms. The second-order valence-electron chi connectivity index (χ2n) is 6.51. The van der Waals surface area contributed by atoms with E-state index >= 15 is 0 Å². The Balaban J connectivity index is 1.58. The Morgan fingerprint density at radius 1 is 1.08 bits per heavy atom. The van der Waals surface area contributed by atoms with Crippen LogP contribution in [0.4, 0.5) is 19.3 Å². The number of anilines is 1. The number of benzene rings is 1. The van der Waals surface area contributed by atoms with Gasteiger partial charge in [-0.2, -0.15) is 0 Å². The SMILES string of the molecule is NC(=O)C1CCN(C(=O)CN2CCN(c3ccc(F)c(F)c3)C2=O)CC1. The van der Waals surface area contributed by atoms with Crippen molar-refractivity contribution in [2.75, 3.05) is 37.6 Å². The maximum atomic E-state index is 13.4.